The van der Waals surface area contributed by atoms with Gasteiger partial charge in [0.15, 0.2) is 0 Å². The Labute approximate surface area is 166 Å². The van der Waals surface area contributed by atoms with Crippen molar-refractivity contribution in [3.63, 3.8) is 0 Å². The molecule has 2 heteroatoms. The summed E-state index contributed by atoms with van der Waals surface area (Å²) in [6.45, 7) is 0.895. The molecule has 0 spiro atoms. The molecular formula is C26H25NO. The number of phenolic OH excluding ortho intramolecular Hbond substituents is 1. The van der Waals surface area contributed by atoms with E-state index in [2.05, 4.69) is 72.6 Å². The van der Waals surface area contributed by atoms with E-state index in [-0.39, 0.29) is 6.04 Å². The fourth-order valence-corrected chi connectivity index (χ4v) is 3.93. The van der Waals surface area contributed by atoms with E-state index < -0.39 is 0 Å². The first-order valence-corrected chi connectivity index (χ1v) is 9.74. The first-order valence-electron chi connectivity index (χ1n) is 9.74. The Kier molecular flexibility index (Phi) is 5.41. The van der Waals surface area contributed by atoms with Gasteiger partial charge in [0.05, 0.1) is 6.04 Å². The van der Waals surface area contributed by atoms with Gasteiger partial charge in [-0.05, 0) is 41.4 Å². The lowest BCUT2D eigenvalue weighted by Crippen LogP contribution is -2.28. The summed E-state index contributed by atoms with van der Waals surface area (Å²) in [6, 6.07) is 33.1. The second kappa shape index (κ2) is 8.28. The average molecular weight is 367 g/mol. The monoisotopic (exact) mass is 367 g/mol. The van der Waals surface area contributed by atoms with Gasteiger partial charge in [0.1, 0.15) is 5.75 Å². The lowest BCUT2D eigenvalue weighted by molar-refractivity contribution is 0.278. The summed E-state index contributed by atoms with van der Waals surface area (Å²) in [4.78, 5) is 2.34. The molecule has 28 heavy (non-hydrogen) atoms. The molecule has 0 heterocycles. The summed E-state index contributed by atoms with van der Waals surface area (Å²) < 4.78 is 0. The SMILES string of the molecule is CN(CCc1ccccc1)[C@@H](c1ccccc1)c1c(O)ccc2ccccc12. The molecule has 2 nitrogen and oxygen atoms in total. The molecule has 0 aliphatic carbocycles. The molecule has 4 aromatic rings. The second-order valence-corrected chi connectivity index (χ2v) is 7.25. The Morgan fingerprint density at radius 1 is 0.750 bits per heavy atom. The van der Waals surface area contributed by atoms with Crippen molar-refractivity contribution in [2.75, 3.05) is 13.6 Å². The summed E-state index contributed by atoms with van der Waals surface area (Å²) in [5.74, 6) is 0.346. The Hall–Kier alpha value is -3.10. The first kappa shape index (κ1) is 18.3. The predicted octanol–water partition coefficient (Wildman–Crippen LogP) is 5.81. The van der Waals surface area contributed by atoms with Crippen molar-refractivity contribution in [1.82, 2.24) is 4.90 Å². The van der Waals surface area contributed by atoms with E-state index in [1.54, 1.807) is 0 Å². The maximum atomic E-state index is 10.8. The summed E-state index contributed by atoms with van der Waals surface area (Å²) in [7, 11) is 2.14. The van der Waals surface area contributed by atoms with E-state index in [4.69, 9.17) is 0 Å². The van der Waals surface area contributed by atoms with Crippen LogP contribution in [0.5, 0.6) is 5.75 Å². The number of phenols is 1. The lowest BCUT2D eigenvalue weighted by atomic mass is 9.91. The Bertz CT molecular complexity index is 1040. The molecule has 0 unspecified atom stereocenters. The average Bonchev–Trinajstić information content (AvgIpc) is 2.75. The quantitative estimate of drug-likeness (QED) is 0.465. The van der Waals surface area contributed by atoms with Crippen molar-refractivity contribution in [3.05, 3.63) is 114 Å². The van der Waals surface area contributed by atoms with Crippen molar-refractivity contribution in [2.24, 2.45) is 0 Å². The van der Waals surface area contributed by atoms with Crippen LogP contribution >= 0.6 is 0 Å². The highest BCUT2D eigenvalue weighted by molar-refractivity contribution is 5.88. The van der Waals surface area contributed by atoms with Crippen LogP contribution in [-0.2, 0) is 6.42 Å². The normalized spacial score (nSPS) is 12.4. The highest BCUT2D eigenvalue weighted by atomic mass is 16.3. The van der Waals surface area contributed by atoms with E-state index in [1.807, 2.05) is 36.4 Å². The zero-order valence-corrected chi connectivity index (χ0v) is 16.1. The maximum Gasteiger partial charge on any atom is 0.121 e. The molecule has 140 valence electrons. The van der Waals surface area contributed by atoms with Crippen molar-refractivity contribution in [1.29, 1.82) is 0 Å². The topological polar surface area (TPSA) is 23.5 Å². The van der Waals surface area contributed by atoms with Gasteiger partial charge in [-0.1, -0.05) is 91.0 Å². The van der Waals surface area contributed by atoms with Crippen molar-refractivity contribution < 1.29 is 5.11 Å². The molecule has 1 N–H and O–H groups in total. The van der Waals surface area contributed by atoms with Gasteiger partial charge in [-0.25, -0.2) is 0 Å². The third-order valence-electron chi connectivity index (χ3n) is 5.37. The van der Waals surface area contributed by atoms with Gasteiger partial charge in [-0.15, -0.1) is 0 Å². The van der Waals surface area contributed by atoms with Crippen LogP contribution in [0.4, 0.5) is 0 Å². The predicted molar refractivity (Wildman–Crippen MR) is 117 cm³/mol. The smallest absolute Gasteiger partial charge is 0.121 e. The number of aromatic hydroxyl groups is 1. The second-order valence-electron chi connectivity index (χ2n) is 7.25. The van der Waals surface area contributed by atoms with Crippen LogP contribution in [0.2, 0.25) is 0 Å². The van der Waals surface area contributed by atoms with Gasteiger partial charge in [0, 0.05) is 12.1 Å². The molecule has 0 aliphatic rings. The van der Waals surface area contributed by atoms with Gasteiger partial charge >= 0.3 is 0 Å². The zero-order valence-electron chi connectivity index (χ0n) is 16.1. The molecule has 0 fully saturated rings. The summed E-state index contributed by atoms with van der Waals surface area (Å²) in [5, 5.41) is 13.1. The molecule has 0 radical (unpaired) electrons. The molecule has 0 saturated carbocycles. The van der Waals surface area contributed by atoms with E-state index in [0.29, 0.717) is 5.75 Å². The zero-order chi connectivity index (χ0) is 19.3. The maximum absolute atomic E-state index is 10.8. The highest BCUT2D eigenvalue weighted by Gasteiger charge is 2.24. The summed E-state index contributed by atoms with van der Waals surface area (Å²) >= 11 is 0. The molecule has 4 rings (SSSR count). The number of fused-ring (bicyclic) bond motifs is 1. The van der Waals surface area contributed by atoms with Crippen LogP contribution in [0, 0.1) is 0 Å². The van der Waals surface area contributed by atoms with E-state index in [9.17, 15) is 5.11 Å². The molecule has 0 amide bonds. The summed E-state index contributed by atoms with van der Waals surface area (Å²) in [6.07, 6.45) is 0.964. The molecule has 1 atom stereocenters. The van der Waals surface area contributed by atoms with Crippen LogP contribution in [0.25, 0.3) is 10.8 Å². The number of hydrogen-bond donors (Lipinski definition) is 1. The van der Waals surface area contributed by atoms with E-state index in [0.717, 1.165) is 29.3 Å². The Morgan fingerprint density at radius 3 is 2.14 bits per heavy atom. The van der Waals surface area contributed by atoms with Crippen LogP contribution in [0.3, 0.4) is 0 Å². The van der Waals surface area contributed by atoms with Crippen LogP contribution in [-0.4, -0.2) is 23.6 Å². The van der Waals surface area contributed by atoms with E-state index in [1.165, 1.54) is 11.1 Å². The number of hydrogen-bond acceptors (Lipinski definition) is 2. The van der Waals surface area contributed by atoms with Crippen LogP contribution in [0.15, 0.2) is 97.1 Å². The number of likely N-dealkylation sites (N-methyl/N-ethyl adjacent to an activating group) is 1. The lowest BCUT2D eigenvalue weighted by Gasteiger charge is -2.30. The third-order valence-corrected chi connectivity index (χ3v) is 5.37. The van der Waals surface area contributed by atoms with Crippen molar-refractivity contribution >= 4 is 10.8 Å². The minimum atomic E-state index is -0.0176. The van der Waals surface area contributed by atoms with Gasteiger partial charge in [0.25, 0.3) is 0 Å². The fourth-order valence-electron chi connectivity index (χ4n) is 3.93. The molecule has 4 aromatic carbocycles. The van der Waals surface area contributed by atoms with Gasteiger partial charge in [-0.2, -0.15) is 0 Å². The molecule has 0 aromatic heterocycles. The van der Waals surface area contributed by atoms with Crippen molar-refractivity contribution in [3.8, 4) is 5.75 Å². The van der Waals surface area contributed by atoms with Gasteiger partial charge in [0.2, 0.25) is 0 Å². The molecular weight excluding hydrogens is 342 g/mol. The van der Waals surface area contributed by atoms with E-state index >= 15 is 0 Å². The Balaban J connectivity index is 1.76. The summed E-state index contributed by atoms with van der Waals surface area (Å²) in [5.41, 5.74) is 3.48. The van der Waals surface area contributed by atoms with Crippen LogP contribution in [0.1, 0.15) is 22.7 Å². The number of benzene rings is 4. The minimum Gasteiger partial charge on any atom is -0.508 e. The third kappa shape index (κ3) is 3.78. The first-order chi connectivity index (χ1) is 13.7. The molecule has 0 aliphatic heterocycles. The minimum absolute atomic E-state index is 0.0176. The highest BCUT2D eigenvalue weighted by Crippen LogP contribution is 2.38. The van der Waals surface area contributed by atoms with Crippen LogP contribution < -0.4 is 0 Å². The van der Waals surface area contributed by atoms with Crippen molar-refractivity contribution in [2.45, 2.75) is 12.5 Å². The number of nitrogens with zero attached hydrogens (tertiary/aromatic N) is 1. The standard InChI is InChI=1S/C26H25NO/c1-27(19-18-20-10-4-2-5-11-20)26(22-13-6-3-7-14-22)25-23-15-9-8-12-21(23)16-17-24(25)28/h2-17,26,28H,18-19H2,1H3/t26-/m0/s1. The number of rotatable bonds is 6. The largest absolute Gasteiger partial charge is 0.508 e. The van der Waals surface area contributed by atoms with Gasteiger partial charge in [-0.3, -0.25) is 4.90 Å². The Morgan fingerprint density at radius 2 is 1.39 bits per heavy atom. The molecule has 0 bridgehead atoms. The molecule has 0 saturated heterocycles. The fraction of sp³-hybridized carbons (Fsp3) is 0.154. The van der Waals surface area contributed by atoms with Gasteiger partial charge < -0.3 is 5.11 Å².